The fraction of sp³-hybridized carbons (Fsp3) is 0.263. The Morgan fingerprint density at radius 2 is 1.29 bits per heavy atom. The van der Waals surface area contributed by atoms with Crippen LogP contribution in [0.2, 0.25) is 6.82 Å². The molecule has 0 aromatic heterocycles. The quantitative estimate of drug-likeness (QED) is 0.0976. The molecule has 0 heterocycles. The van der Waals surface area contributed by atoms with Crippen LogP contribution < -0.4 is 21.6 Å². The molecule has 2 rings (SSSR count). The van der Waals surface area contributed by atoms with Crippen LogP contribution in [0.1, 0.15) is 20.7 Å². The minimum absolute atomic E-state index is 0.0437. The van der Waals surface area contributed by atoms with Crippen LogP contribution in [0, 0.1) is 20.2 Å². The van der Waals surface area contributed by atoms with E-state index in [1.165, 1.54) is 25.0 Å². The first-order valence-corrected chi connectivity index (χ1v) is 10.3. The van der Waals surface area contributed by atoms with Gasteiger partial charge in [0.2, 0.25) is 0 Å². The van der Waals surface area contributed by atoms with Crippen LogP contribution in [0.4, 0.5) is 11.4 Å². The van der Waals surface area contributed by atoms with E-state index in [1.54, 1.807) is 0 Å². The van der Waals surface area contributed by atoms with E-state index in [9.17, 15) is 34.8 Å². The average molecular weight is 488 g/mol. The van der Waals surface area contributed by atoms with Crippen molar-refractivity contribution in [1.82, 2.24) is 10.6 Å². The third kappa shape index (κ3) is 7.58. The fourth-order valence-corrected chi connectivity index (χ4v) is 3.04. The lowest BCUT2D eigenvalue weighted by atomic mass is 9.63. The predicted octanol–water partition coefficient (Wildman–Crippen LogP) is -1.82. The van der Waals surface area contributed by atoms with E-state index >= 15 is 0 Å². The van der Waals surface area contributed by atoms with Gasteiger partial charge in [-0.1, -0.05) is 19.0 Å². The van der Waals surface area contributed by atoms with Gasteiger partial charge in [0, 0.05) is 41.8 Å². The number of ether oxygens (including phenoxy) is 1. The average Bonchev–Trinajstić information content (AvgIpc) is 2.81. The summed E-state index contributed by atoms with van der Waals surface area (Å²) in [6.45, 7) is 0.581. The molecule has 2 aromatic carbocycles. The van der Waals surface area contributed by atoms with Gasteiger partial charge in [-0.2, -0.15) is 0 Å². The van der Waals surface area contributed by atoms with Crippen LogP contribution in [0.15, 0.2) is 36.4 Å². The number of nitro groups is 2. The molecule has 0 fully saturated rings. The van der Waals surface area contributed by atoms with Crippen molar-refractivity contribution in [3.8, 4) is 0 Å². The number of amides is 2. The Hall–Kier alpha value is -3.85. The van der Waals surface area contributed by atoms with Gasteiger partial charge in [0.05, 0.1) is 28.5 Å². The highest BCUT2D eigenvalue weighted by Gasteiger charge is 2.25. The number of hydrogen-bond acceptors (Lipinski definition) is 10. The maximum Gasteiger partial charge on any atom is 0.495 e. The highest BCUT2D eigenvalue weighted by Crippen LogP contribution is 2.13. The summed E-state index contributed by atoms with van der Waals surface area (Å²) in [5.74, 6) is -1.20. The normalized spacial score (nSPS) is 10.4. The number of nitrogens with zero attached hydrogens (tertiary/aromatic N) is 2. The van der Waals surface area contributed by atoms with Gasteiger partial charge in [-0.3, -0.25) is 29.8 Å². The molecule has 2 amide bonds. The topological polar surface area (TPSA) is 214 Å². The van der Waals surface area contributed by atoms with Crippen LogP contribution in [0.25, 0.3) is 0 Å². The van der Waals surface area contributed by atoms with Gasteiger partial charge in [0.25, 0.3) is 23.2 Å². The number of benzene rings is 2. The molecule has 0 bridgehead atoms. The molecule has 0 saturated heterocycles. The van der Waals surface area contributed by atoms with E-state index in [2.05, 4.69) is 10.6 Å². The van der Waals surface area contributed by atoms with Crippen LogP contribution in [0.5, 0.6) is 0 Å². The summed E-state index contributed by atoms with van der Waals surface area (Å²) in [5.41, 5.74) is -1.23. The Morgan fingerprint density at radius 3 is 1.69 bits per heavy atom. The second-order valence-electron chi connectivity index (χ2n) is 7.24. The number of carbonyl (C=O) groups is 2. The highest BCUT2D eigenvalue weighted by molar-refractivity contribution is 6.66. The molecule has 35 heavy (non-hydrogen) atoms. The van der Waals surface area contributed by atoms with E-state index in [1.807, 2.05) is 0 Å². The highest BCUT2D eigenvalue weighted by atomic mass is 16.6. The second-order valence-corrected chi connectivity index (χ2v) is 7.24. The van der Waals surface area contributed by atoms with Crippen LogP contribution in [-0.2, 0) is 4.74 Å². The zero-order valence-electron chi connectivity index (χ0n) is 18.5. The first-order valence-electron chi connectivity index (χ1n) is 10.3. The van der Waals surface area contributed by atoms with Gasteiger partial charge < -0.3 is 30.4 Å². The monoisotopic (exact) mass is 488 g/mol. The maximum atomic E-state index is 12.2. The third-order valence-corrected chi connectivity index (χ3v) is 4.77. The summed E-state index contributed by atoms with van der Waals surface area (Å²) in [6.07, 6.45) is 0. The number of nitrogens with one attached hydrogen (secondary N) is 2. The number of rotatable bonds is 12. The standard InChI is InChI=1S/C19H22B2N4O10/c1-20(28)14-4-2-12(10-16(14)24(31)32)18(26)22-6-8-35-9-7-23-19(27)13-3-5-15(21(29)30)17(11-13)25(33)34/h2-5,10-11,28-30H,6-9H2,1H3,(H,22,26)(H,23,27). The van der Waals surface area contributed by atoms with Crippen LogP contribution in [0.3, 0.4) is 0 Å². The molecule has 0 unspecified atom stereocenters. The van der Waals surface area contributed by atoms with Crippen molar-refractivity contribution in [2.75, 3.05) is 26.3 Å². The summed E-state index contributed by atoms with van der Waals surface area (Å²) < 4.78 is 5.29. The molecule has 14 nitrogen and oxygen atoms in total. The first-order chi connectivity index (χ1) is 16.5. The second kappa shape index (κ2) is 12.6. The van der Waals surface area contributed by atoms with Crippen molar-refractivity contribution in [2.45, 2.75) is 6.82 Å². The van der Waals surface area contributed by atoms with E-state index in [0.717, 1.165) is 18.2 Å². The molecule has 0 atom stereocenters. The molecule has 0 saturated carbocycles. The summed E-state index contributed by atoms with van der Waals surface area (Å²) >= 11 is 0. The smallest absolute Gasteiger partial charge is 0.446 e. The molecule has 0 radical (unpaired) electrons. The molecule has 0 spiro atoms. The Kier molecular flexibility index (Phi) is 9.84. The largest absolute Gasteiger partial charge is 0.495 e. The maximum absolute atomic E-state index is 12.2. The van der Waals surface area contributed by atoms with Crippen molar-refractivity contribution < 1.29 is 39.2 Å². The molecule has 0 aliphatic carbocycles. The fourth-order valence-electron chi connectivity index (χ4n) is 3.04. The SMILES string of the molecule is CB(O)c1ccc(C(=O)NCCOCCNC(=O)c2ccc(B(O)O)c([N+](=O)[O-])c2)cc1[N+](=O)[O-]. The zero-order valence-corrected chi connectivity index (χ0v) is 18.5. The summed E-state index contributed by atoms with van der Waals surface area (Å²) in [7, 11) is -2.06. The molecule has 5 N–H and O–H groups in total. The number of nitro benzene ring substituents is 2. The number of hydrogen-bond donors (Lipinski definition) is 5. The Bertz CT molecular complexity index is 1030. The lowest BCUT2D eigenvalue weighted by molar-refractivity contribution is -0.383. The van der Waals surface area contributed by atoms with Crippen molar-refractivity contribution in [3.05, 3.63) is 67.8 Å². The van der Waals surface area contributed by atoms with Gasteiger partial charge in [-0.25, -0.2) is 0 Å². The molecule has 0 aliphatic heterocycles. The molecular formula is C19H22B2N4O10. The van der Waals surface area contributed by atoms with Crippen molar-refractivity contribution in [1.29, 1.82) is 0 Å². The zero-order chi connectivity index (χ0) is 26.1. The lowest BCUT2D eigenvalue weighted by Gasteiger charge is -2.09. The Balaban J connectivity index is 1.77. The van der Waals surface area contributed by atoms with Crippen molar-refractivity contribution in [3.63, 3.8) is 0 Å². The molecule has 2 aromatic rings. The van der Waals surface area contributed by atoms with Crippen molar-refractivity contribution in [2.24, 2.45) is 0 Å². The van der Waals surface area contributed by atoms with E-state index in [-0.39, 0.29) is 54.0 Å². The van der Waals surface area contributed by atoms with Gasteiger partial charge in [-0.05, 0) is 12.1 Å². The third-order valence-electron chi connectivity index (χ3n) is 4.77. The number of carbonyl (C=O) groups excluding carboxylic acids is 2. The molecule has 184 valence electrons. The Morgan fingerprint density at radius 1 is 0.857 bits per heavy atom. The van der Waals surface area contributed by atoms with E-state index < -0.39 is 41.4 Å². The minimum atomic E-state index is -2.06. The van der Waals surface area contributed by atoms with Gasteiger partial charge >= 0.3 is 14.0 Å². The van der Waals surface area contributed by atoms with Gasteiger partial charge in [-0.15, -0.1) is 0 Å². The van der Waals surface area contributed by atoms with E-state index in [0.29, 0.717) is 0 Å². The first kappa shape index (κ1) is 27.4. The molecule has 0 aliphatic rings. The summed E-state index contributed by atoms with van der Waals surface area (Å²) in [5, 5.41) is 55.1. The Labute approximate surface area is 199 Å². The van der Waals surface area contributed by atoms with Crippen LogP contribution >= 0.6 is 0 Å². The summed E-state index contributed by atoms with van der Waals surface area (Å²) in [4.78, 5) is 45.0. The minimum Gasteiger partial charge on any atom is -0.446 e. The predicted molar refractivity (Wildman–Crippen MR) is 125 cm³/mol. The molecular weight excluding hydrogens is 466 g/mol. The lowest BCUT2D eigenvalue weighted by Crippen LogP contribution is -2.33. The summed E-state index contributed by atoms with van der Waals surface area (Å²) in [6, 6.07) is 6.96. The van der Waals surface area contributed by atoms with Crippen molar-refractivity contribution >= 4 is 48.1 Å². The molecule has 16 heteroatoms. The van der Waals surface area contributed by atoms with Gasteiger partial charge in [0.1, 0.15) is 0 Å². The van der Waals surface area contributed by atoms with Crippen LogP contribution in [-0.4, -0.2) is 77.1 Å². The van der Waals surface area contributed by atoms with E-state index in [4.69, 9.17) is 14.8 Å². The van der Waals surface area contributed by atoms with Gasteiger partial charge in [0.15, 0.2) is 0 Å².